The lowest BCUT2D eigenvalue weighted by Gasteiger charge is -2.24. The molecule has 27 heavy (non-hydrogen) atoms. The lowest BCUT2D eigenvalue weighted by atomic mass is 9.96. The number of hydrogen-bond donors (Lipinski definition) is 2. The fourth-order valence-electron chi connectivity index (χ4n) is 2.91. The molecule has 0 aliphatic carbocycles. The molecular weight excluding hydrogens is 338 g/mol. The van der Waals surface area contributed by atoms with E-state index in [1.807, 2.05) is 91.0 Å². The van der Waals surface area contributed by atoms with Gasteiger partial charge in [0.2, 0.25) is 0 Å². The van der Waals surface area contributed by atoms with Crippen LogP contribution < -0.4 is 5.32 Å². The zero-order valence-electron chi connectivity index (χ0n) is 15.0. The summed E-state index contributed by atoms with van der Waals surface area (Å²) in [5.74, 6) is 0. The molecule has 0 aliphatic heterocycles. The van der Waals surface area contributed by atoms with Gasteiger partial charge >= 0.3 is 6.09 Å². The average molecular weight is 361 g/mol. The number of aliphatic hydroxyl groups is 1. The molecule has 3 rings (SSSR count). The van der Waals surface area contributed by atoms with Crippen molar-refractivity contribution in [2.24, 2.45) is 0 Å². The maximum Gasteiger partial charge on any atom is 0.407 e. The molecule has 2 N–H and O–H groups in total. The Morgan fingerprint density at radius 2 is 1.33 bits per heavy atom. The fraction of sp³-hybridized carbons (Fsp3) is 0.174. The Hall–Kier alpha value is -3.11. The van der Waals surface area contributed by atoms with E-state index >= 15 is 0 Å². The third kappa shape index (κ3) is 5.69. The van der Waals surface area contributed by atoms with Crippen LogP contribution in [0.25, 0.3) is 0 Å². The van der Waals surface area contributed by atoms with Gasteiger partial charge < -0.3 is 15.2 Å². The Morgan fingerprint density at radius 3 is 1.93 bits per heavy atom. The van der Waals surface area contributed by atoms with Crippen LogP contribution in [-0.2, 0) is 17.8 Å². The number of nitrogens with one attached hydrogen (secondary N) is 1. The van der Waals surface area contributed by atoms with Gasteiger partial charge in [-0.15, -0.1) is 0 Å². The molecule has 1 amide bonds. The Labute approximate surface area is 159 Å². The van der Waals surface area contributed by atoms with Gasteiger partial charge in [0.25, 0.3) is 0 Å². The van der Waals surface area contributed by atoms with Crippen molar-refractivity contribution in [3.05, 3.63) is 108 Å². The fourth-order valence-corrected chi connectivity index (χ4v) is 2.91. The van der Waals surface area contributed by atoms with Gasteiger partial charge in [-0.25, -0.2) is 4.79 Å². The summed E-state index contributed by atoms with van der Waals surface area (Å²) in [7, 11) is 0. The third-order valence-corrected chi connectivity index (χ3v) is 4.34. The molecular formula is C23H23NO3. The van der Waals surface area contributed by atoms with Gasteiger partial charge in [0.05, 0.1) is 12.1 Å². The zero-order valence-corrected chi connectivity index (χ0v) is 15.0. The third-order valence-electron chi connectivity index (χ3n) is 4.34. The van der Waals surface area contributed by atoms with Crippen LogP contribution in [0.15, 0.2) is 91.0 Å². The van der Waals surface area contributed by atoms with E-state index < -0.39 is 18.2 Å². The summed E-state index contributed by atoms with van der Waals surface area (Å²) in [5.41, 5.74) is 2.69. The topological polar surface area (TPSA) is 58.6 Å². The molecule has 0 saturated carbocycles. The Balaban J connectivity index is 1.68. The molecule has 0 fully saturated rings. The number of amides is 1. The minimum Gasteiger partial charge on any atom is -0.445 e. The first-order chi connectivity index (χ1) is 13.2. The first-order valence-corrected chi connectivity index (χ1v) is 8.96. The first-order valence-electron chi connectivity index (χ1n) is 8.96. The second-order valence-electron chi connectivity index (χ2n) is 6.36. The van der Waals surface area contributed by atoms with Gasteiger partial charge in [-0.05, 0) is 23.1 Å². The van der Waals surface area contributed by atoms with Gasteiger partial charge in [0.15, 0.2) is 0 Å². The number of rotatable bonds is 7. The second kappa shape index (κ2) is 9.55. The Morgan fingerprint density at radius 1 is 0.815 bits per heavy atom. The maximum atomic E-state index is 12.3. The van der Waals surface area contributed by atoms with Crippen LogP contribution in [0, 0.1) is 0 Å². The minimum absolute atomic E-state index is 0.187. The largest absolute Gasteiger partial charge is 0.445 e. The first kappa shape index (κ1) is 18.7. The summed E-state index contributed by atoms with van der Waals surface area (Å²) in [5, 5.41) is 13.6. The highest BCUT2D eigenvalue weighted by Gasteiger charge is 2.23. The van der Waals surface area contributed by atoms with Gasteiger partial charge in [-0.3, -0.25) is 0 Å². The van der Waals surface area contributed by atoms with Crippen molar-refractivity contribution >= 4 is 6.09 Å². The van der Waals surface area contributed by atoms with Crippen LogP contribution in [0.5, 0.6) is 0 Å². The molecule has 0 spiro atoms. The van der Waals surface area contributed by atoms with E-state index in [1.54, 1.807) is 0 Å². The lowest BCUT2D eigenvalue weighted by molar-refractivity contribution is 0.101. The van der Waals surface area contributed by atoms with Crippen molar-refractivity contribution in [2.45, 2.75) is 25.2 Å². The average Bonchev–Trinajstić information content (AvgIpc) is 2.73. The number of benzene rings is 3. The monoisotopic (exact) mass is 361 g/mol. The highest BCUT2D eigenvalue weighted by atomic mass is 16.5. The van der Waals surface area contributed by atoms with Crippen LogP contribution in [0.3, 0.4) is 0 Å². The summed E-state index contributed by atoms with van der Waals surface area (Å²) in [4.78, 5) is 12.3. The number of hydrogen-bond acceptors (Lipinski definition) is 3. The summed E-state index contributed by atoms with van der Waals surface area (Å²) in [6.07, 6.45) is -0.886. The van der Waals surface area contributed by atoms with Crippen LogP contribution in [0.4, 0.5) is 4.79 Å². The van der Waals surface area contributed by atoms with Crippen molar-refractivity contribution in [1.29, 1.82) is 0 Å². The second-order valence-corrected chi connectivity index (χ2v) is 6.36. The van der Waals surface area contributed by atoms with E-state index in [1.165, 1.54) is 0 Å². The van der Waals surface area contributed by atoms with E-state index in [0.29, 0.717) is 6.42 Å². The van der Waals surface area contributed by atoms with Gasteiger partial charge in [0, 0.05) is 0 Å². The lowest BCUT2D eigenvalue weighted by Crippen LogP contribution is -2.41. The molecule has 4 heteroatoms. The summed E-state index contributed by atoms with van der Waals surface area (Å²) in [6.45, 7) is 0.187. The van der Waals surface area contributed by atoms with Gasteiger partial charge in [0.1, 0.15) is 6.61 Å². The molecule has 0 aromatic heterocycles. The quantitative estimate of drug-likeness (QED) is 0.661. The van der Waals surface area contributed by atoms with Crippen LogP contribution >= 0.6 is 0 Å². The molecule has 0 radical (unpaired) electrons. The zero-order chi connectivity index (χ0) is 18.9. The summed E-state index contributed by atoms with van der Waals surface area (Å²) in [6, 6.07) is 28.1. The van der Waals surface area contributed by atoms with Crippen LogP contribution in [0.1, 0.15) is 22.8 Å². The molecule has 0 bridgehead atoms. The van der Waals surface area contributed by atoms with E-state index in [4.69, 9.17) is 4.74 Å². The molecule has 4 nitrogen and oxygen atoms in total. The minimum atomic E-state index is -0.837. The van der Waals surface area contributed by atoms with Crippen LogP contribution in [-0.4, -0.2) is 17.2 Å². The standard InChI is InChI=1S/C23H23NO3/c25-22(20-14-8-3-9-15-20)21(16-18-10-4-1-5-11-18)24-23(26)27-17-19-12-6-2-7-13-19/h1-15,21-22,25H,16-17H2,(H,24,26). The van der Waals surface area contributed by atoms with E-state index in [2.05, 4.69) is 5.32 Å². The van der Waals surface area contributed by atoms with E-state index in [0.717, 1.165) is 16.7 Å². The van der Waals surface area contributed by atoms with Crippen molar-refractivity contribution in [3.8, 4) is 0 Å². The predicted octanol–water partition coefficient (Wildman–Crippen LogP) is 4.26. The van der Waals surface area contributed by atoms with E-state index in [9.17, 15) is 9.90 Å². The summed E-state index contributed by atoms with van der Waals surface area (Å²) < 4.78 is 5.32. The number of alkyl carbamates (subject to hydrolysis) is 1. The molecule has 0 aliphatic rings. The molecule has 2 unspecified atom stereocenters. The Kier molecular flexibility index (Phi) is 6.61. The SMILES string of the molecule is O=C(NC(Cc1ccccc1)C(O)c1ccccc1)OCc1ccccc1. The maximum absolute atomic E-state index is 12.3. The smallest absolute Gasteiger partial charge is 0.407 e. The van der Waals surface area contributed by atoms with Crippen LogP contribution in [0.2, 0.25) is 0 Å². The van der Waals surface area contributed by atoms with Crippen molar-refractivity contribution in [3.63, 3.8) is 0 Å². The predicted molar refractivity (Wildman–Crippen MR) is 105 cm³/mol. The molecule has 3 aromatic rings. The molecule has 3 aromatic carbocycles. The number of aliphatic hydroxyl groups excluding tert-OH is 1. The highest BCUT2D eigenvalue weighted by molar-refractivity contribution is 5.67. The van der Waals surface area contributed by atoms with Gasteiger partial charge in [-0.1, -0.05) is 91.0 Å². The molecule has 2 atom stereocenters. The van der Waals surface area contributed by atoms with Crippen molar-refractivity contribution in [2.75, 3.05) is 0 Å². The molecule has 0 saturated heterocycles. The molecule has 0 heterocycles. The number of carbonyl (C=O) groups excluding carboxylic acids is 1. The Bertz CT molecular complexity index is 822. The van der Waals surface area contributed by atoms with Crippen molar-refractivity contribution < 1.29 is 14.6 Å². The molecule has 138 valence electrons. The highest BCUT2D eigenvalue weighted by Crippen LogP contribution is 2.20. The number of ether oxygens (including phenoxy) is 1. The van der Waals surface area contributed by atoms with E-state index in [-0.39, 0.29) is 6.61 Å². The number of carbonyl (C=O) groups is 1. The summed E-state index contributed by atoms with van der Waals surface area (Å²) >= 11 is 0. The van der Waals surface area contributed by atoms with Gasteiger partial charge in [-0.2, -0.15) is 0 Å². The van der Waals surface area contributed by atoms with Crippen molar-refractivity contribution in [1.82, 2.24) is 5.32 Å². The normalized spacial score (nSPS) is 12.8.